The van der Waals surface area contributed by atoms with Gasteiger partial charge in [-0.2, -0.15) is 0 Å². The summed E-state index contributed by atoms with van der Waals surface area (Å²) in [6, 6.07) is 6.63. The molecule has 17 heavy (non-hydrogen) atoms. The second-order valence-electron chi connectivity index (χ2n) is 3.95. The molecule has 1 aromatic carbocycles. The van der Waals surface area contributed by atoms with Crippen molar-refractivity contribution in [2.75, 3.05) is 6.54 Å². The highest BCUT2D eigenvalue weighted by Crippen LogP contribution is 2.06. The molecule has 3 nitrogen and oxygen atoms in total. The number of hydrogen-bond donors (Lipinski definition) is 1. The lowest BCUT2D eigenvalue weighted by atomic mass is 10.2. The zero-order valence-electron chi connectivity index (χ0n) is 9.86. The van der Waals surface area contributed by atoms with Crippen molar-refractivity contribution >= 4 is 0 Å². The molecule has 0 radical (unpaired) electrons. The maximum atomic E-state index is 13.0. The quantitative estimate of drug-likeness (QED) is 0.857. The van der Waals surface area contributed by atoms with Gasteiger partial charge in [-0.15, -0.1) is 0 Å². The lowest BCUT2D eigenvalue weighted by molar-refractivity contribution is 0.623. The third-order valence-corrected chi connectivity index (χ3v) is 2.50. The van der Waals surface area contributed by atoms with Gasteiger partial charge in [-0.3, -0.25) is 0 Å². The molecule has 0 aliphatic rings. The van der Waals surface area contributed by atoms with Crippen molar-refractivity contribution < 1.29 is 4.39 Å². The monoisotopic (exact) mass is 233 g/mol. The number of hydrogen-bond acceptors (Lipinski definition) is 2. The van der Waals surface area contributed by atoms with Crippen molar-refractivity contribution in [1.82, 2.24) is 14.9 Å². The molecular formula is C13H16FN3. The molecule has 0 bridgehead atoms. The third-order valence-electron chi connectivity index (χ3n) is 2.50. The average Bonchev–Trinajstić information content (AvgIpc) is 2.74. The number of rotatable bonds is 5. The Kier molecular flexibility index (Phi) is 3.88. The van der Waals surface area contributed by atoms with Crippen LogP contribution in [0.15, 0.2) is 36.8 Å². The summed E-state index contributed by atoms with van der Waals surface area (Å²) in [5, 5.41) is 3.22. The summed E-state index contributed by atoms with van der Waals surface area (Å²) in [5.74, 6) is -0.199. The molecule has 0 saturated heterocycles. The molecule has 0 saturated carbocycles. The Hall–Kier alpha value is -1.68. The topological polar surface area (TPSA) is 29.9 Å². The van der Waals surface area contributed by atoms with E-state index >= 15 is 0 Å². The summed E-state index contributed by atoms with van der Waals surface area (Å²) in [5.41, 5.74) is 1.95. The predicted molar refractivity (Wildman–Crippen MR) is 65.1 cm³/mol. The number of aromatic nitrogens is 2. The van der Waals surface area contributed by atoms with Crippen LogP contribution in [0.3, 0.4) is 0 Å². The molecule has 1 heterocycles. The Morgan fingerprint density at radius 2 is 2.29 bits per heavy atom. The summed E-state index contributed by atoms with van der Waals surface area (Å²) in [4.78, 5) is 4.28. The second-order valence-corrected chi connectivity index (χ2v) is 3.95. The molecule has 0 aliphatic carbocycles. The zero-order chi connectivity index (χ0) is 12.1. The lowest BCUT2D eigenvalue weighted by Gasteiger charge is -2.02. The van der Waals surface area contributed by atoms with E-state index in [1.54, 1.807) is 18.5 Å². The van der Waals surface area contributed by atoms with Gasteiger partial charge in [0.1, 0.15) is 5.82 Å². The van der Waals surface area contributed by atoms with Gasteiger partial charge in [-0.25, -0.2) is 9.37 Å². The number of nitrogens with zero attached hydrogens (tertiary/aromatic N) is 2. The van der Waals surface area contributed by atoms with Gasteiger partial charge >= 0.3 is 0 Å². The van der Waals surface area contributed by atoms with E-state index in [-0.39, 0.29) is 5.82 Å². The lowest BCUT2D eigenvalue weighted by Crippen LogP contribution is -2.11. The maximum absolute atomic E-state index is 13.0. The first kappa shape index (κ1) is 11.8. The average molecular weight is 233 g/mol. The van der Waals surface area contributed by atoms with Gasteiger partial charge in [-0.05, 0) is 24.2 Å². The van der Waals surface area contributed by atoms with Crippen LogP contribution >= 0.6 is 0 Å². The molecule has 0 amide bonds. The maximum Gasteiger partial charge on any atom is 0.123 e. The summed E-state index contributed by atoms with van der Waals surface area (Å²) < 4.78 is 15.0. The fraction of sp³-hybridized carbons (Fsp3) is 0.308. The number of imidazole rings is 1. The standard InChI is InChI=1S/C13H16FN3/c1-2-15-7-13-9-17(10-16-13)8-11-4-3-5-12(14)6-11/h3-6,9-10,15H,2,7-8H2,1H3. The molecule has 1 N–H and O–H groups in total. The van der Waals surface area contributed by atoms with E-state index in [4.69, 9.17) is 0 Å². The van der Waals surface area contributed by atoms with Crippen LogP contribution in [0.1, 0.15) is 18.2 Å². The molecule has 0 unspecified atom stereocenters. The SMILES string of the molecule is CCNCc1cn(Cc2cccc(F)c2)cn1. The Morgan fingerprint density at radius 3 is 3.06 bits per heavy atom. The fourth-order valence-electron chi connectivity index (χ4n) is 1.68. The van der Waals surface area contributed by atoms with Crippen molar-refractivity contribution in [2.45, 2.75) is 20.0 Å². The van der Waals surface area contributed by atoms with Crippen LogP contribution in [-0.2, 0) is 13.1 Å². The van der Waals surface area contributed by atoms with Crippen molar-refractivity contribution in [3.8, 4) is 0 Å². The van der Waals surface area contributed by atoms with Crippen LogP contribution in [0.2, 0.25) is 0 Å². The minimum atomic E-state index is -0.199. The summed E-state index contributed by atoms with van der Waals surface area (Å²) in [7, 11) is 0. The molecule has 1 aromatic heterocycles. The van der Waals surface area contributed by atoms with Gasteiger partial charge in [0.2, 0.25) is 0 Å². The predicted octanol–water partition coefficient (Wildman–Crippen LogP) is 2.18. The first-order chi connectivity index (χ1) is 8.28. The second kappa shape index (κ2) is 5.59. The highest BCUT2D eigenvalue weighted by molar-refractivity contribution is 5.17. The number of benzene rings is 1. The Balaban J connectivity index is 2.01. The molecule has 0 spiro atoms. The molecule has 90 valence electrons. The third kappa shape index (κ3) is 3.39. The molecule has 2 aromatic rings. The van der Waals surface area contributed by atoms with Gasteiger partial charge in [-0.1, -0.05) is 19.1 Å². The summed E-state index contributed by atoms with van der Waals surface area (Å²) in [6.07, 6.45) is 3.76. The molecule has 0 aliphatic heterocycles. The van der Waals surface area contributed by atoms with Gasteiger partial charge < -0.3 is 9.88 Å². The van der Waals surface area contributed by atoms with Crippen molar-refractivity contribution in [3.05, 3.63) is 53.9 Å². The Morgan fingerprint density at radius 1 is 1.41 bits per heavy atom. The highest BCUT2D eigenvalue weighted by Gasteiger charge is 2.00. The molecule has 4 heteroatoms. The zero-order valence-corrected chi connectivity index (χ0v) is 9.86. The Bertz CT molecular complexity index is 479. The molecular weight excluding hydrogens is 217 g/mol. The van der Waals surface area contributed by atoms with Crippen LogP contribution < -0.4 is 5.32 Å². The first-order valence-electron chi connectivity index (χ1n) is 5.73. The van der Waals surface area contributed by atoms with Crippen LogP contribution in [-0.4, -0.2) is 16.1 Å². The van der Waals surface area contributed by atoms with Crippen LogP contribution in [0, 0.1) is 5.82 Å². The van der Waals surface area contributed by atoms with Gasteiger partial charge in [0.05, 0.1) is 12.0 Å². The van der Waals surface area contributed by atoms with E-state index in [1.165, 1.54) is 6.07 Å². The van der Waals surface area contributed by atoms with E-state index in [0.29, 0.717) is 6.54 Å². The first-order valence-corrected chi connectivity index (χ1v) is 5.73. The molecule has 2 rings (SSSR count). The minimum absolute atomic E-state index is 0.199. The van der Waals surface area contributed by atoms with E-state index in [2.05, 4.69) is 17.2 Å². The number of nitrogens with one attached hydrogen (secondary N) is 1. The van der Waals surface area contributed by atoms with Gasteiger partial charge in [0.15, 0.2) is 0 Å². The summed E-state index contributed by atoms with van der Waals surface area (Å²) in [6.45, 7) is 4.41. The normalized spacial score (nSPS) is 10.7. The highest BCUT2D eigenvalue weighted by atomic mass is 19.1. The minimum Gasteiger partial charge on any atom is -0.333 e. The molecule has 0 atom stereocenters. The Labute approximate surface area is 100 Å². The van der Waals surface area contributed by atoms with Crippen molar-refractivity contribution in [3.63, 3.8) is 0 Å². The van der Waals surface area contributed by atoms with Crippen molar-refractivity contribution in [2.24, 2.45) is 0 Å². The van der Waals surface area contributed by atoms with Gasteiger partial charge in [0, 0.05) is 19.3 Å². The van der Waals surface area contributed by atoms with Crippen molar-refractivity contribution in [1.29, 1.82) is 0 Å². The van der Waals surface area contributed by atoms with Crippen LogP contribution in [0.4, 0.5) is 4.39 Å². The van der Waals surface area contributed by atoms with Crippen LogP contribution in [0.25, 0.3) is 0 Å². The van der Waals surface area contributed by atoms with E-state index in [9.17, 15) is 4.39 Å². The molecule has 0 fully saturated rings. The van der Waals surface area contributed by atoms with E-state index < -0.39 is 0 Å². The smallest absolute Gasteiger partial charge is 0.123 e. The van der Waals surface area contributed by atoms with E-state index in [0.717, 1.165) is 24.3 Å². The van der Waals surface area contributed by atoms with Crippen LogP contribution in [0.5, 0.6) is 0 Å². The fourth-order valence-corrected chi connectivity index (χ4v) is 1.68. The number of halogens is 1. The van der Waals surface area contributed by atoms with Gasteiger partial charge in [0.25, 0.3) is 0 Å². The van der Waals surface area contributed by atoms with E-state index in [1.807, 2.05) is 16.8 Å². The summed E-state index contributed by atoms with van der Waals surface area (Å²) >= 11 is 0. The largest absolute Gasteiger partial charge is 0.333 e.